The minimum Gasteiger partial charge on any atom is -0.489 e. The number of halogens is 2. The first-order valence-corrected chi connectivity index (χ1v) is 13.3. The summed E-state index contributed by atoms with van der Waals surface area (Å²) in [5.41, 5.74) is 0.488. The number of hydrogen-bond donors (Lipinski definition) is 0. The van der Waals surface area contributed by atoms with Gasteiger partial charge in [-0.15, -0.1) is 0 Å². The lowest BCUT2D eigenvalue weighted by molar-refractivity contribution is -0.145. The highest BCUT2D eigenvalue weighted by molar-refractivity contribution is 6.62. The van der Waals surface area contributed by atoms with Gasteiger partial charge in [-0.1, -0.05) is 23.7 Å². The number of esters is 1. The van der Waals surface area contributed by atoms with E-state index in [1.807, 2.05) is 52.0 Å². The number of amides is 1. The van der Waals surface area contributed by atoms with Crippen LogP contribution in [0, 0.1) is 5.82 Å². The molecule has 2 atom stereocenters. The third-order valence-electron chi connectivity index (χ3n) is 7.67. The molecule has 2 saturated heterocycles. The van der Waals surface area contributed by atoms with Crippen LogP contribution in [0.15, 0.2) is 54.9 Å². The topological polar surface area (TPSA) is 92.1 Å². The molecule has 0 aliphatic carbocycles. The van der Waals surface area contributed by atoms with Gasteiger partial charge in [0.25, 0.3) is 5.91 Å². The van der Waals surface area contributed by atoms with Gasteiger partial charge in [0.15, 0.2) is 0 Å². The summed E-state index contributed by atoms with van der Waals surface area (Å²) in [6, 6.07) is 10.4. The summed E-state index contributed by atoms with van der Waals surface area (Å²) in [6.45, 7) is 8.11. The van der Waals surface area contributed by atoms with E-state index in [1.54, 1.807) is 0 Å². The molecule has 2 aromatic carbocycles. The highest BCUT2D eigenvalue weighted by Crippen LogP contribution is 2.37. The molecule has 2 fully saturated rings. The van der Waals surface area contributed by atoms with Crippen LogP contribution in [0.2, 0.25) is 5.02 Å². The number of carbonyl (C=O) groups excluding carboxylic acids is 2. The second kappa shape index (κ2) is 10.5. The number of nitrogens with zero attached hydrogens (tertiary/aromatic N) is 3. The van der Waals surface area contributed by atoms with Crippen molar-refractivity contribution < 1.29 is 32.8 Å². The largest absolute Gasteiger partial charge is 0.494 e. The number of ether oxygens (including phenoxy) is 2. The third-order valence-corrected chi connectivity index (χ3v) is 7.97. The van der Waals surface area contributed by atoms with E-state index in [4.69, 9.17) is 30.4 Å². The van der Waals surface area contributed by atoms with Crippen molar-refractivity contribution in [1.82, 2.24) is 14.7 Å². The van der Waals surface area contributed by atoms with Gasteiger partial charge in [0.1, 0.15) is 23.7 Å². The molecule has 0 radical (unpaired) electrons. The second-order valence-corrected chi connectivity index (χ2v) is 11.3. The molecule has 210 valence electrons. The Balaban J connectivity index is 1.32. The van der Waals surface area contributed by atoms with Crippen LogP contribution in [0.4, 0.5) is 4.39 Å². The summed E-state index contributed by atoms with van der Waals surface area (Å²) in [5, 5.41) is 4.35. The van der Waals surface area contributed by atoms with Gasteiger partial charge in [-0.2, -0.15) is 5.10 Å². The quantitative estimate of drug-likeness (QED) is 0.329. The van der Waals surface area contributed by atoms with E-state index in [-0.39, 0.29) is 23.6 Å². The fraction of sp³-hybridized carbons (Fsp3) is 0.393. The van der Waals surface area contributed by atoms with Crippen molar-refractivity contribution in [2.75, 3.05) is 13.7 Å². The maximum atomic E-state index is 13.5. The SMILES string of the molecule is COC(=O)[C@@H]1C[C@H](Oc2cccc(B3OC(C)(C)C(C)(C)O3)c2)CN1C(=O)c1cnn(-c2ccc(F)cc2Cl)c1. The van der Waals surface area contributed by atoms with E-state index in [0.717, 1.165) is 11.5 Å². The summed E-state index contributed by atoms with van der Waals surface area (Å²) in [6.07, 6.45) is 2.64. The van der Waals surface area contributed by atoms with Gasteiger partial charge >= 0.3 is 13.1 Å². The molecule has 1 aromatic heterocycles. The van der Waals surface area contributed by atoms with Crippen LogP contribution in [0.5, 0.6) is 5.75 Å². The Kier molecular flexibility index (Phi) is 7.41. The Bertz CT molecular complexity index is 1430. The van der Waals surface area contributed by atoms with E-state index in [2.05, 4.69) is 5.10 Å². The Labute approximate surface area is 237 Å². The van der Waals surface area contributed by atoms with Gasteiger partial charge in [-0.05, 0) is 63.5 Å². The standard InChI is InChI=1S/C28H30BClFN3O6/c1-27(2)28(3,4)40-29(39-27)18-7-6-8-20(11-18)38-21-13-24(26(36)37-5)33(16-21)25(35)17-14-32-34(15-17)23-10-9-19(31)12-22(23)30/h6-12,14-15,21,24H,13,16H2,1-5H3/t21-,24-/m0/s1. The van der Waals surface area contributed by atoms with Crippen LogP contribution < -0.4 is 10.2 Å². The monoisotopic (exact) mass is 569 g/mol. The van der Waals surface area contributed by atoms with Gasteiger partial charge < -0.3 is 23.7 Å². The molecule has 0 saturated carbocycles. The van der Waals surface area contributed by atoms with Crippen LogP contribution >= 0.6 is 11.6 Å². The lowest BCUT2D eigenvalue weighted by Gasteiger charge is -2.32. The Morgan fingerprint density at radius 2 is 1.85 bits per heavy atom. The normalized spacial score (nSPS) is 21.5. The smallest absolute Gasteiger partial charge is 0.489 e. The van der Waals surface area contributed by atoms with Crippen molar-refractivity contribution in [3.05, 3.63) is 71.3 Å². The van der Waals surface area contributed by atoms with Crippen molar-refractivity contribution in [3.8, 4) is 11.4 Å². The lowest BCUT2D eigenvalue weighted by atomic mass is 9.79. The van der Waals surface area contributed by atoms with Crippen LogP contribution in [-0.4, -0.2) is 70.7 Å². The fourth-order valence-corrected chi connectivity index (χ4v) is 5.02. The van der Waals surface area contributed by atoms with Crippen molar-refractivity contribution in [2.24, 2.45) is 0 Å². The Morgan fingerprint density at radius 3 is 2.52 bits per heavy atom. The molecule has 3 heterocycles. The fourth-order valence-electron chi connectivity index (χ4n) is 4.77. The van der Waals surface area contributed by atoms with Crippen LogP contribution in [0.3, 0.4) is 0 Å². The maximum absolute atomic E-state index is 13.5. The molecular formula is C28H30BClFN3O6. The zero-order chi connectivity index (χ0) is 28.8. The molecule has 40 heavy (non-hydrogen) atoms. The molecule has 5 rings (SSSR count). The average Bonchev–Trinajstić information content (AvgIpc) is 3.60. The Morgan fingerprint density at radius 1 is 1.12 bits per heavy atom. The van der Waals surface area contributed by atoms with Gasteiger partial charge in [-0.3, -0.25) is 4.79 Å². The number of aromatic nitrogens is 2. The van der Waals surface area contributed by atoms with E-state index >= 15 is 0 Å². The van der Waals surface area contributed by atoms with E-state index in [0.29, 0.717) is 11.4 Å². The van der Waals surface area contributed by atoms with Gasteiger partial charge in [0, 0.05) is 12.6 Å². The van der Waals surface area contributed by atoms with Crippen LogP contribution in [0.25, 0.3) is 5.69 Å². The number of carbonyl (C=O) groups is 2. The van der Waals surface area contributed by atoms with Crippen molar-refractivity contribution in [3.63, 3.8) is 0 Å². The number of rotatable bonds is 6. The first kappa shape index (κ1) is 28.1. The summed E-state index contributed by atoms with van der Waals surface area (Å²) in [7, 11) is 0.728. The first-order chi connectivity index (χ1) is 18.9. The van der Waals surface area contributed by atoms with Gasteiger partial charge in [0.2, 0.25) is 0 Å². The van der Waals surface area contributed by atoms with Crippen molar-refractivity contribution in [1.29, 1.82) is 0 Å². The second-order valence-electron chi connectivity index (χ2n) is 10.9. The maximum Gasteiger partial charge on any atom is 0.494 e. The highest BCUT2D eigenvalue weighted by atomic mass is 35.5. The zero-order valence-electron chi connectivity index (χ0n) is 22.9. The van der Waals surface area contributed by atoms with Gasteiger partial charge in [-0.25, -0.2) is 13.9 Å². The Hall–Kier alpha value is -3.41. The van der Waals surface area contributed by atoms with Gasteiger partial charge in [0.05, 0.1) is 47.3 Å². The predicted molar refractivity (Wildman–Crippen MR) is 147 cm³/mol. The molecule has 0 unspecified atom stereocenters. The van der Waals surface area contributed by atoms with E-state index in [1.165, 1.54) is 41.2 Å². The molecule has 2 aliphatic rings. The molecule has 0 spiro atoms. The number of hydrogen-bond acceptors (Lipinski definition) is 7. The predicted octanol–water partition coefficient (Wildman–Crippen LogP) is 3.80. The average molecular weight is 570 g/mol. The summed E-state index contributed by atoms with van der Waals surface area (Å²) in [4.78, 5) is 27.5. The number of likely N-dealkylation sites (tertiary alicyclic amines) is 1. The summed E-state index contributed by atoms with van der Waals surface area (Å²) >= 11 is 6.15. The highest BCUT2D eigenvalue weighted by Gasteiger charge is 2.51. The number of benzene rings is 2. The molecule has 2 aliphatic heterocycles. The molecule has 1 amide bonds. The molecule has 9 nitrogen and oxygen atoms in total. The molecule has 0 N–H and O–H groups in total. The van der Waals surface area contributed by atoms with Crippen molar-refractivity contribution in [2.45, 2.75) is 57.5 Å². The first-order valence-electron chi connectivity index (χ1n) is 12.9. The number of methoxy groups -OCH3 is 1. The molecular weight excluding hydrogens is 540 g/mol. The minimum atomic E-state index is -0.841. The molecule has 3 aromatic rings. The van der Waals surface area contributed by atoms with E-state index < -0.39 is 48.2 Å². The third kappa shape index (κ3) is 5.33. The lowest BCUT2D eigenvalue weighted by Crippen LogP contribution is -2.41. The summed E-state index contributed by atoms with van der Waals surface area (Å²) < 4.78 is 38.4. The van der Waals surface area contributed by atoms with Crippen molar-refractivity contribution >= 4 is 36.1 Å². The zero-order valence-corrected chi connectivity index (χ0v) is 23.6. The molecule has 12 heteroatoms. The van der Waals surface area contributed by atoms with E-state index in [9.17, 15) is 14.0 Å². The minimum absolute atomic E-state index is 0.145. The van der Waals surface area contributed by atoms with Crippen LogP contribution in [-0.2, 0) is 18.8 Å². The van der Waals surface area contributed by atoms with Crippen LogP contribution in [0.1, 0.15) is 44.5 Å². The summed E-state index contributed by atoms with van der Waals surface area (Å²) in [5.74, 6) is -0.881. The molecule has 0 bridgehead atoms.